The van der Waals surface area contributed by atoms with E-state index in [9.17, 15) is 9.59 Å². The molecule has 1 saturated heterocycles. The van der Waals surface area contributed by atoms with Gasteiger partial charge >= 0.3 is 0 Å². The van der Waals surface area contributed by atoms with Crippen LogP contribution in [0.15, 0.2) is 48.5 Å². The Labute approximate surface area is 199 Å². The van der Waals surface area contributed by atoms with Crippen molar-refractivity contribution in [2.24, 2.45) is 0 Å². The maximum Gasteiger partial charge on any atom is 0.254 e. The number of carbonyl (C=O) groups excluding carboxylic acids is 2. The molecule has 2 aromatic rings. The molecule has 2 amide bonds. The van der Waals surface area contributed by atoms with Gasteiger partial charge in [-0.2, -0.15) is 0 Å². The number of ether oxygens (including phenoxy) is 1. The molecule has 1 unspecified atom stereocenters. The predicted octanol–water partition coefficient (Wildman–Crippen LogP) is 4.04. The van der Waals surface area contributed by atoms with E-state index in [1.165, 1.54) is 0 Å². The van der Waals surface area contributed by atoms with E-state index in [0.29, 0.717) is 28.7 Å². The van der Waals surface area contributed by atoms with Crippen LogP contribution in [0.4, 0.5) is 0 Å². The van der Waals surface area contributed by atoms with Crippen molar-refractivity contribution < 1.29 is 14.3 Å². The van der Waals surface area contributed by atoms with Gasteiger partial charge in [-0.05, 0) is 30.7 Å². The second-order valence-corrected chi connectivity index (χ2v) is 8.58. The van der Waals surface area contributed by atoms with Gasteiger partial charge in [0.05, 0.1) is 29.3 Å². The summed E-state index contributed by atoms with van der Waals surface area (Å²) in [7, 11) is 0. The quantitative estimate of drug-likeness (QED) is 0.591. The van der Waals surface area contributed by atoms with Crippen molar-refractivity contribution in [2.45, 2.75) is 19.4 Å². The van der Waals surface area contributed by atoms with Gasteiger partial charge in [-0.1, -0.05) is 53.5 Å². The highest BCUT2D eigenvalue weighted by atomic mass is 35.5. The fourth-order valence-corrected chi connectivity index (χ4v) is 3.96. The Morgan fingerprint density at radius 3 is 2.50 bits per heavy atom. The van der Waals surface area contributed by atoms with Gasteiger partial charge in [0.1, 0.15) is 0 Å². The van der Waals surface area contributed by atoms with Gasteiger partial charge in [0, 0.05) is 44.7 Å². The number of morpholine rings is 1. The van der Waals surface area contributed by atoms with Crippen LogP contribution >= 0.6 is 23.2 Å². The Hall–Kier alpha value is -2.12. The minimum Gasteiger partial charge on any atom is -0.379 e. The Morgan fingerprint density at radius 2 is 1.81 bits per heavy atom. The third kappa shape index (κ3) is 6.94. The third-order valence-corrected chi connectivity index (χ3v) is 6.35. The summed E-state index contributed by atoms with van der Waals surface area (Å²) in [5.41, 5.74) is 1.43. The van der Waals surface area contributed by atoms with Gasteiger partial charge in [-0.15, -0.1) is 0 Å². The molecule has 8 heteroatoms. The molecule has 0 spiro atoms. The fraction of sp³-hybridized carbons (Fsp3) is 0.417. The van der Waals surface area contributed by atoms with E-state index >= 15 is 0 Å². The van der Waals surface area contributed by atoms with Crippen LogP contribution in [0.1, 0.15) is 35.3 Å². The van der Waals surface area contributed by atoms with Gasteiger partial charge in [-0.25, -0.2) is 0 Å². The smallest absolute Gasteiger partial charge is 0.254 e. The van der Waals surface area contributed by atoms with Gasteiger partial charge < -0.3 is 15.0 Å². The Morgan fingerprint density at radius 1 is 1.09 bits per heavy atom. The number of hydrogen-bond acceptors (Lipinski definition) is 4. The molecule has 3 rings (SSSR count). The molecule has 1 fully saturated rings. The highest BCUT2D eigenvalue weighted by Gasteiger charge is 2.24. The zero-order chi connectivity index (χ0) is 22.9. The molecule has 0 aliphatic carbocycles. The van der Waals surface area contributed by atoms with Gasteiger partial charge in [0.25, 0.3) is 5.91 Å². The fourth-order valence-electron chi connectivity index (χ4n) is 3.67. The molecule has 1 heterocycles. The normalized spacial score (nSPS) is 15.2. The number of nitrogens with one attached hydrogen (secondary N) is 1. The van der Waals surface area contributed by atoms with Crippen molar-refractivity contribution in [1.82, 2.24) is 15.1 Å². The van der Waals surface area contributed by atoms with Crippen molar-refractivity contribution in [1.29, 1.82) is 0 Å². The van der Waals surface area contributed by atoms with Crippen LogP contribution < -0.4 is 5.32 Å². The number of halogens is 2. The molecule has 32 heavy (non-hydrogen) atoms. The molecule has 1 N–H and O–H groups in total. The first-order valence-corrected chi connectivity index (χ1v) is 11.6. The summed E-state index contributed by atoms with van der Waals surface area (Å²) in [6, 6.07) is 14.4. The average molecular weight is 478 g/mol. The van der Waals surface area contributed by atoms with E-state index in [4.69, 9.17) is 27.9 Å². The molecule has 0 radical (unpaired) electrons. The molecule has 0 aromatic heterocycles. The number of carbonyl (C=O) groups is 2. The standard InChI is InChI=1S/C24H29Cl2N3O3/c1-18(19-5-3-2-4-6-19)29(24(31)20-7-8-21(25)22(26)17-20)11-9-23(30)27-10-12-28-13-15-32-16-14-28/h2-8,17-18H,9-16H2,1H3,(H,27,30). The molecule has 2 aromatic carbocycles. The van der Waals surface area contributed by atoms with Gasteiger partial charge in [-0.3, -0.25) is 14.5 Å². The highest BCUT2D eigenvalue weighted by Crippen LogP contribution is 2.26. The lowest BCUT2D eigenvalue weighted by Gasteiger charge is -2.30. The number of amides is 2. The van der Waals surface area contributed by atoms with Crippen molar-refractivity contribution >= 4 is 35.0 Å². The molecule has 0 saturated carbocycles. The van der Waals surface area contributed by atoms with Crippen LogP contribution in [0.25, 0.3) is 0 Å². The van der Waals surface area contributed by atoms with Crippen LogP contribution in [-0.4, -0.2) is 67.6 Å². The van der Waals surface area contributed by atoms with Crippen LogP contribution in [0.3, 0.4) is 0 Å². The maximum absolute atomic E-state index is 13.3. The number of benzene rings is 2. The summed E-state index contributed by atoms with van der Waals surface area (Å²) in [5, 5.41) is 3.68. The summed E-state index contributed by atoms with van der Waals surface area (Å²) in [4.78, 5) is 29.8. The zero-order valence-electron chi connectivity index (χ0n) is 18.2. The first-order valence-electron chi connectivity index (χ1n) is 10.8. The SMILES string of the molecule is CC(c1ccccc1)N(CCC(=O)NCCN1CCOCC1)C(=O)c1ccc(Cl)c(Cl)c1. The second-order valence-electron chi connectivity index (χ2n) is 7.77. The molecule has 1 aliphatic rings. The molecular weight excluding hydrogens is 449 g/mol. The molecule has 0 bridgehead atoms. The third-order valence-electron chi connectivity index (χ3n) is 5.61. The van der Waals surface area contributed by atoms with Crippen LogP contribution in [0.2, 0.25) is 10.0 Å². The lowest BCUT2D eigenvalue weighted by atomic mass is 10.0. The Balaban J connectivity index is 1.63. The summed E-state index contributed by atoms with van der Waals surface area (Å²) >= 11 is 12.1. The van der Waals surface area contributed by atoms with E-state index in [1.807, 2.05) is 37.3 Å². The topological polar surface area (TPSA) is 61.9 Å². The number of nitrogens with zero attached hydrogens (tertiary/aromatic N) is 2. The summed E-state index contributed by atoms with van der Waals surface area (Å²) in [6.07, 6.45) is 0.216. The molecular formula is C24H29Cl2N3O3. The molecule has 172 valence electrons. The largest absolute Gasteiger partial charge is 0.379 e. The van der Waals surface area contributed by atoms with Gasteiger partial charge in [0.2, 0.25) is 5.91 Å². The first-order chi connectivity index (χ1) is 15.5. The van der Waals surface area contributed by atoms with Crippen LogP contribution in [-0.2, 0) is 9.53 Å². The molecule has 1 atom stereocenters. The van der Waals surface area contributed by atoms with Crippen molar-refractivity contribution in [3.05, 3.63) is 69.7 Å². The van der Waals surface area contributed by atoms with E-state index in [-0.39, 0.29) is 24.3 Å². The van der Waals surface area contributed by atoms with E-state index < -0.39 is 0 Å². The summed E-state index contributed by atoms with van der Waals surface area (Å²) in [6.45, 7) is 6.86. The van der Waals surface area contributed by atoms with E-state index in [2.05, 4.69) is 10.2 Å². The van der Waals surface area contributed by atoms with Crippen LogP contribution in [0, 0.1) is 0 Å². The van der Waals surface area contributed by atoms with E-state index in [1.54, 1.807) is 23.1 Å². The molecule has 1 aliphatic heterocycles. The maximum atomic E-state index is 13.3. The minimum absolute atomic E-state index is 0.0783. The monoisotopic (exact) mass is 477 g/mol. The lowest BCUT2D eigenvalue weighted by Crippen LogP contribution is -2.42. The molecule has 6 nitrogen and oxygen atoms in total. The number of hydrogen-bond donors (Lipinski definition) is 1. The average Bonchev–Trinajstić information content (AvgIpc) is 2.82. The van der Waals surface area contributed by atoms with Crippen LogP contribution in [0.5, 0.6) is 0 Å². The number of rotatable bonds is 9. The highest BCUT2D eigenvalue weighted by molar-refractivity contribution is 6.42. The first kappa shape index (κ1) is 24.5. The summed E-state index contributed by atoms with van der Waals surface area (Å²) in [5.74, 6) is -0.272. The summed E-state index contributed by atoms with van der Waals surface area (Å²) < 4.78 is 5.34. The second kappa shape index (κ2) is 12.2. The Kier molecular flexibility index (Phi) is 9.36. The van der Waals surface area contributed by atoms with Crippen molar-refractivity contribution in [2.75, 3.05) is 45.9 Å². The van der Waals surface area contributed by atoms with Crippen molar-refractivity contribution in [3.8, 4) is 0 Å². The van der Waals surface area contributed by atoms with Gasteiger partial charge in [0.15, 0.2) is 0 Å². The van der Waals surface area contributed by atoms with Crippen molar-refractivity contribution in [3.63, 3.8) is 0 Å². The Bertz CT molecular complexity index is 905. The minimum atomic E-state index is -0.209. The lowest BCUT2D eigenvalue weighted by molar-refractivity contribution is -0.121. The predicted molar refractivity (Wildman–Crippen MR) is 127 cm³/mol. The van der Waals surface area contributed by atoms with E-state index in [0.717, 1.165) is 38.4 Å². The zero-order valence-corrected chi connectivity index (χ0v) is 19.7.